The van der Waals surface area contributed by atoms with Crippen molar-refractivity contribution >= 4 is 21.8 Å². The molecule has 0 saturated heterocycles. The van der Waals surface area contributed by atoms with Crippen molar-refractivity contribution in [2.24, 2.45) is 0 Å². The number of hydrogen-bond acceptors (Lipinski definition) is 4. The Labute approximate surface area is 90.0 Å². The summed E-state index contributed by atoms with van der Waals surface area (Å²) >= 11 is 3.23. The minimum absolute atomic E-state index is 0.214. The quantitative estimate of drug-likeness (QED) is 0.774. The minimum Gasteiger partial charge on any atom is -0.404 e. The van der Waals surface area contributed by atoms with Gasteiger partial charge < -0.3 is 4.42 Å². The van der Waals surface area contributed by atoms with E-state index < -0.39 is 0 Å². The van der Waals surface area contributed by atoms with Gasteiger partial charge in [-0.2, -0.15) is 0 Å². The van der Waals surface area contributed by atoms with Crippen molar-refractivity contribution in [3.05, 3.63) is 26.0 Å². The topological polar surface area (TPSA) is 45.5 Å². The standard InChI is InChI=1S/C9H11BrN2O2/c1-4-6-5(2)12(3)11-8(6)14-9(13)7(4)10/h5,11H,1-3H3. The molecule has 0 amide bonds. The van der Waals surface area contributed by atoms with Crippen LogP contribution < -0.4 is 11.1 Å². The molecule has 1 N–H and O–H groups in total. The maximum Gasteiger partial charge on any atom is 0.352 e. The maximum atomic E-state index is 11.3. The summed E-state index contributed by atoms with van der Waals surface area (Å²) in [5.74, 6) is 0.561. The Morgan fingerprint density at radius 2 is 2.21 bits per heavy atom. The molecule has 1 aromatic rings. The first-order valence-electron chi connectivity index (χ1n) is 4.35. The molecule has 0 spiro atoms. The number of nitrogens with one attached hydrogen (secondary N) is 1. The molecule has 4 nitrogen and oxygen atoms in total. The predicted molar refractivity (Wildman–Crippen MR) is 57.2 cm³/mol. The van der Waals surface area contributed by atoms with Gasteiger partial charge in [0.15, 0.2) is 0 Å². The fourth-order valence-electron chi connectivity index (χ4n) is 1.67. The summed E-state index contributed by atoms with van der Waals surface area (Å²) in [5, 5.41) is 1.91. The van der Waals surface area contributed by atoms with E-state index in [4.69, 9.17) is 4.42 Å². The zero-order valence-corrected chi connectivity index (χ0v) is 9.81. The van der Waals surface area contributed by atoms with Gasteiger partial charge in [-0.15, -0.1) is 0 Å². The second kappa shape index (κ2) is 3.10. The van der Waals surface area contributed by atoms with E-state index in [0.717, 1.165) is 11.1 Å². The summed E-state index contributed by atoms with van der Waals surface area (Å²) < 4.78 is 5.63. The summed E-state index contributed by atoms with van der Waals surface area (Å²) in [5.41, 5.74) is 4.65. The summed E-state index contributed by atoms with van der Waals surface area (Å²) in [7, 11) is 1.91. The van der Waals surface area contributed by atoms with Gasteiger partial charge in [0.2, 0.25) is 5.88 Å². The molecule has 1 aliphatic rings. The van der Waals surface area contributed by atoms with Gasteiger partial charge in [-0.3, -0.25) is 5.43 Å². The van der Waals surface area contributed by atoms with Gasteiger partial charge >= 0.3 is 5.63 Å². The van der Waals surface area contributed by atoms with E-state index >= 15 is 0 Å². The predicted octanol–water partition coefficient (Wildman–Crippen LogP) is 2.04. The maximum absolute atomic E-state index is 11.3. The van der Waals surface area contributed by atoms with E-state index in [1.54, 1.807) is 0 Å². The van der Waals surface area contributed by atoms with Crippen LogP contribution in [0.25, 0.3) is 0 Å². The average molecular weight is 259 g/mol. The summed E-state index contributed by atoms with van der Waals surface area (Å²) in [6, 6.07) is 0.214. The highest BCUT2D eigenvalue weighted by Gasteiger charge is 2.29. The Hall–Kier alpha value is -0.810. The average Bonchev–Trinajstić information content (AvgIpc) is 2.39. The largest absolute Gasteiger partial charge is 0.404 e. The summed E-state index contributed by atoms with van der Waals surface area (Å²) in [6.45, 7) is 3.97. The van der Waals surface area contributed by atoms with Crippen LogP contribution in [0.5, 0.6) is 0 Å². The molecule has 1 unspecified atom stereocenters. The Morgan fingerprint density at radius 1 is 1.57 bits per heavy atom. The molecule has 0 saturated carbocycles. The molecule has 2 rings (SSSR count). The molecule has 0 bridgehead atoms. The molecule has 1 atom stereocenters. The molecule has 76 valence electrons. The lowest BCUT2D eigenvalue weighted by Gasteiger charge is -2.14. The van der Waals surface area contributed by atoms with Gasteiger partial charge in [-0.05, 0) is 35.3 Å². The number of hydrogen-bond donors (Lipinski definition) is 1. The van der Waals surface area contributed by atoms with Crippen molar-refractivity contribution in [3.63, 3.8) is 0 Å². The zero-order valence-electron chi connectivity index (χ0n) is 8.22. The van der Waals surface area contributed by atoms with E-state index in [0.29, 0.717) is 10.4 Å². The lowest BCUT2D eigenvalue weighted by atomic mass is 10.1. The van der Waals surface area contributed by atoms with Crippen LogP contribution in [0.4, 0.5) is 5.88 Å². The summed E-state index contributed by atoms with van der Waals surface area (Å²) in [4.78, 5) is 11.3. The van der Waals surface area contributed by atoms with Crippen LogP contribution >= 0.6 is 15.9 Å². The van der Waals surface area contributed by atoms with Crippen molar-refractivity contribution in [1.82, 2.24) is 5.01 Å². The normalized spacial score (nSPS) is 20.7. The van der Waals surface area contributed by atoms with Gasteiger partial charge in [0.05, 0.1) is 6.04 Å². The molecule has 14 heavy (non-hydrogen) atoms. The van der Waals surface area contributed by atoms with Gasteiger partial charge in [0.1, 0.15) is 4.47 Å². The third-order valence-corrected chi connectivity index (χ3v) is 3.55. The first-order valence-corrected chi connectivity index (χ1v) is 5.14. The van der Waals surface area contributed by atoms with Crippen molar-refractivity contribution in [2.45, 2.75) is 19.9 Å². The molecular formula is C9H11BrN2O2. The fourth-order valence-corrected chi connectivity index (χ4v) is 1.97. The Morgan fingerprint density at radius 3 is 2.86 bits per heavy atom. The van der Waals surface area contributed by atoms with Crippen LogP contribution in [-0.2, 0) is 0 Å². The molecule has 5 heteroatoms. The van der Waals surface area contributed by atoms with Crippen LogP contribution in [0.3, 0.4) is 0 Å². The van der Waals surface area contributed by atoms with Crippen LogP contribution in [0.15, 0.2) is 13.7 Å². The van der Waals surface area contributed by atoms with Crippen molar-refractivity contribution < 1.29 is 4.42 Å². The third-order valence-electron chi connectivity index (χ3n) is 2.63. The highest BCUT2D eigenvalue weighted by atomic mass is 79.9. The SMILES string of the molecule is Cc1c2c(oc(=O)c1Br)NN(C)C2C. The van der Waals surface area contributed by atoms with Gasteiger partial charge in [0, 0.05) is 12.6 Å². The van der Waals surface area contributed by atoms with Gasteiger partial charge in [-0.1, -0.05) is 0 Å². The summed E-state index contributed by atoms with van der Waals surface area (Å²) in [6.07, 6.45) is 0. The Balaban J connectivity index is 2.71. The first kappa shape index (κ1) is 9.73. The molecule has 1 aliphatic heterocycles. The lowest BCUT2D eigenvalue weighted by Crippen LogP contribution is -2.20. The molecule has 0 fully saturated rings. The van der Waals surface area contributed by atoms with Crippen LogP contribution in [0, 0.1) is 6.92 Å². The zero-order chi connectivity index (χ0) is 10.5. The fraction of sp³-hybridized carbons (Fsp3) is 0.444. The smallest absolute Gasteiger partial charge is 0.352 e. The Bertz CT molecular complexity index is 441. The molecule has 0 radical (unpaired) electrons. The molecule has 1 aromatic heterocycles. The second-order valence-electron chi connectivity index (χ2n) is 3.47. The van der Waals surface area contributed by atoms with Crippen LogP contribution in [-0.4, -0.2) is 12.1 Å². The number of hydrazine groups is 1. The van der Waals surface area contributed by atoms with Crippen LogP contribution in [0.1, 0.15) is 24.1 Å². The monoisotopic (exact) mass is 258 g/mol. The molecule has 2 heterocycles. The number of anilines is 1. The second-order valence-corrected chi connectivity index (χ2v) is 4.26. The first-order chi connectivity index (χ1) is 6.52. The minimum atomic E-state index is -0.337. The third kappa shape index (κ3) is 1.19. The van der Waals surface area contributed by atoms with Crippen LogP contribution in [0.2, 0.25) is 0 Å². The number of nitrogens with zero attached hydrogens (tertiary/aromatic N) is 1. The molecule has 0 aliphatic carbocycles. The molecular weight excluding hydrogens is 248 g/mol. The van der Waals surface area contributed by atoms with Gasteiger partial charge in [0.25, 0.3) is 0 Å². The molecule has 0 aromatic carbocycles. The number of fused-ring (bicyclic) bond motifs is 1. The van der Waals surface area contributed by atoms with E-state index in [2.05, 4.69) is 28.3 Å². The van der Waals surface area contributed by atoms with Gasteiger partial charge in [-0.25, -0.2) is 9.80 Å². The van der Waals surface area contributed by atoms with Crippen molar-refractivity contribution in [2.75, 3.05) is 12.5 Å². The van der Waals surface area contributed by atoms with E-state index in [-0.39, 0.29) is 11.7 Å². The van der Waals surface area contributed by atoms with Crippen molar-refractivity contribution in [3.8, 4) is 0 Å². The lowest BCUT2D eigenvalue weighted by molar-refractivity contribution is 0.338. The number of halogens is 1. The van der Waals surface area contributed by atoms with E-state index in [1.807, 2.05) is 19.0 Å². The van der Waals surface area contributed by atoms with E-state index in [9.17, 15) is 4.79 Å². The highest BCUT2D eigenvalue weighted by molar-refractivity contribution is 9.10. The van der Waals surface area contributed by atoms with Crippen molar-refractivity contribution in [1.29, 1.82) is 0 Å². The Kier molecular flexibility index (Phi) is 2.16. The highest BCUT2D eigenvalue weighted by Crippen LogP contribution is 2.36. The number of rotatable bonds is 0. The van der Waals surface area contributed by atoms with E-state index in [1.165, 1.54) is 0 Å².